The predicted molar refractivity (Wildman–Crippen MR) is 169 cm³/mol. The Labute approximate surface area is 261 Å². The normalized spacial score (nSPS) is 16.3. The van der Waals surface area contributed by atoms with E-state index in [4.69, 9.17) is 21.1 Å². The van der Waals surface area contributed by atoms with Crippen molar-refractivity contribution in [2.45, 2.75) is 39.2 Å². The van der Waals surface area contributed by atoms with Gasteiger partial charge in [0.05, 0.1) is 29.4 Å². The lowest BCUT2D eigenvalue weighted by Gasteiger charge is -2.34. The summed E-state index contributed by atoms with van der Waals surface area (Å²) in [5.41, 5.74) is 1.19. The van der Waals surface area contributed by atoms with Crippen LogP contribution in [-0.2, 0) is 14.3 Å². The zero-order valence-corrected chi connectivity index (χ0v) is 26.0. The fraction of sp³-hybridized carbons (Fsp3) is 0.438. The van der Waals surface area contributed by atoms with E-state index in [1.165, 1.54) is 24.5 Å². The van der Waals surface area contributed by atoms with Gasteiger partial charge in [-0.2, -0.15) is 0 Å². The molecule has 1 aromatic heterocycles. The summed E-state index contributed by atoms with van der Waals surface area (Å²) in [6.45, 7) is 10.1. The number of ether oxygens (including phenoxy) is 2. The van der Waals surface area contributed by atoms with Crippen molar-refractivity contribution in [3.8, 4) is 5.75 Å². The molecule has 234 valence electrons. The van der Waals surface area contributed by atoms with Crippen molar-refractivity contribution in [3.63, 3.8) is 0 Å². The number of piperazine rings is 1. The molecule has 12 heteroatoms. The molecule has 2 fully saturated rings. The average molecular weight is 625 g/mol. The summed E-state index contributed by atoms with van der Waals surface area (Å²) in [5.74, 6) is 0.502. The van der Waals surface area contributed by atoms with E-state index in [1.54, 1.807) is 18.2 Å². The van der Waals surface area contributed by atoms with Crippen LogP contribution in [0.2, 0.25) is 5.02 Å². The fourth-order valence-electron chi connectivity index (χ4n) is 4.77. The van der Waals surface area contributed by atoms with Crippen molar-refractivity contribution in [2.24, 2.45) is 5.92 Å². The zero-order valence-electron chi connectivity index (χ0n) is 25.2. The van der Waals surface area contributed by atoms with Crippen LogP contribution < -0.4 is 15.4 Å². The van der Waals surface area contributed by atoms with E-state index in [9.17, 15) is 14.0 Å². The predicted octanol–water partition coefficient (Wildman–Crippen LogP) is 5.41. The Morgan fingerprint density at radius 1 is 1.09 bits per heavy atom. The summed E-state index contributed by atoms with van der Waals surface area (Å²) in [7, 11) is 0. The molecule has 0 unspecified atom stereocenters. The highest BCUT2D eigenvalue weighted by molar-refractivity contribution is 6.31. The number of rotatable bonds is 11. The number of carbonyl (C=O) groups excluding carboxylic acids is 2. The van der Waals surface area contributed by atoms with Crippen LogP contribution in [0.15, 0.2) is 48.8 Å². The number of aromatic nitrogens is 2. The van der Waals surface area contributed by atoms with Crippen LogP contribution >= 0.6 is 11.6 Å². The van der Waals surface area contributed by atoms with Crippen LogP contribution in [0.4, 0.5) is 21.6 Å². The van der Waals surface area contributed by atoms with Crippen LogP contribution in [0, 0.1) is 11.7 Å². The van der Waals surface area contributed by atoms with Crippen molar-refractivity contribution in [1.29, 1.82) is 0 Å². The highest BCUT2D eigenvalue weighted by Crippen LogP contribution is 2.36. The molecule has 5 rings (SSSR count). The number of benzene rings is 2. The molecule has 1 aliphatic heterocycles. The Morgan fingerprint density at radius 2 is 1.84 bits per heavy atom. The quantitative estimate of drug-likeness (QED) is 0.214. The van der Waals surface area contributed by atoms with Gasteiger partial charge in [0.25, 0.3) is 0 Å². The number of esters is 1. The second kappa shape index (κ2) is 13.9. The van der Waals surface area contributed by atoms with Gasteiger partial charge in [0.2, 0.25) is 5.91 Å². The smallest absolute Gasteiger partial charge is 0.320 e. The number of nitrogens with zero attached hydrogens (tertiary/aromatic N) is 4. The van der Waals surface area contributed by atoms with E-state index in [0.717, 1.165) is 39.0 Å². The van der Waals surface area contributed by atoms with Gasteiger partial charge >= 0.3 is 5.97 Å². The first-order valence-corrected chi connectivity index (χ1v) is 15.2. The molecule has 0 atom stereocenters. The van der Waals surface area contributed by atoms with Crippen LogP contribution in [-0.4, -0.2) is 83.1 Å². The maximum absolute atomic E-state index is 13.7. The van der Waals surface area contributed by atoms with Crippen LogP contribution in [0.25, 0.3) is 10.9 Å². The molecule has 0 spiro atoms. The average Bonchev–Trinajstić information content (AvgIpc) is 3.79. The number of amides is 1. The molecule has 2 N–H and O–H groups in total. The zero-order chi connectivity index (χ0) is 31.3. The number of fused-ring (bicyclic) bond motifs is 1. The van der Waals surface area contributed by atoms with Gasteiger partial charge in [0, 0.05) is 55.9 Å². The number of anilines is 3. The topological polar surface area (TPSA) is 109 Å². The third kappa shape index (κ3) is 9.10. The molecule has 0 bridgehead atoms. The van der Waals surface area contributed by atoms with Gasteiger partial charge in [-0.05, 0) is 63.8 Å². The molecule has 10 nitrogen and oxygen atoms in total. The summed E-state index contributed by atoms with van der Waals surface area (Å²) in [6, 6.07) is 7.89. The largest absolute Gasteiger partial charge is 0.491 e. The minimum Gasteiger partial charge on any atom is -0.491 e. The lowest BCUT2D eigenvalue weighted by atomic mass is 10.1. The van der Waals surface area contributed by atoms with Crippen molar-refractivity contribution >= 4 is 51.6 Å². The number of carbonyl (C=O) groups is 2. The van der Waals surface area contributed by atoms with Gasteiger partial charge in [-0.15, -0.1) is 0 Å². The summed E-state index contributed by atoms with van der Waals surface area (Å²) >= 11 is 5.96. The Balaban J connectivity index is 1.22. The van der Waals surface area contributed by atoms with Crippen LogP contribution in [0.5, 0.6) is 5.75 Å². The van der Waals surface area contributed by atoms with E-state index < -0.39 is 11.4 Å². The van der Waals surface area contributed by atoms with Gasteiger partial charge in [-0.25, -0.2) is 14.4 Å². The minimum absolute atomic E-state index is 0.00783. The van der Waals surface area contributed by atoms with Crippen molar-refractivity contribution < 1.29 is 23.5 Å². The maximum Gasteiger partial charge on any atom is 0.320 e. The van der Waals surface area contributed by atoms with Crippen LogP contribution in [0.1, 0.15) is 33.6 Å². The maximum atomic E-state index is 13.7. The Hall–Kier alpha value is -3.80. The molecule has 2 heterocycles. The summed E-state index contributed by atoms with van der Waals surface area (Å²) < 4.78 is 25.2. The summed E-state index contributed by atoms with van der Waals surface area (Å²) in [6.07, 6.45) is 7.04. The minimum atomic E-state index is -0.513. The van der Waals surface area contributed by atoms with E-state index >= 15 is 0 Å². The molecule has 2 aliphatic rings. The first-order valence-electron chi connectivity index (χ1n) is 14.8. The monoisotopic (exact) mass is 624 g/mol. The molecule has 1 amide bonds. The molecule has 0 radical (unpaired) electrons. The molecule has 1 saturated heterocycles. The van der Waals surface area contributed by atoms with Crippen molar-refractivity contribution in [2.75, 3.05) is 56.5 Å². The van der Waals surface area contributed by atoms with E-state index in [-0.39, 0.29) is 23.4 Å². The highest BCUT2D eigenvalue weighted by Gasteiger charge is 2.24. The van der Waals surface area contributed by atoms with Crippen LogP contribution in [0.3, 0.4) is 0 Å². The number of halogens is 2. The Morgan fingerprint density at radius 3 is 2.55 bits per heavy atom. The number of nitrogens with one attached hydrogen (secondary N) is 2. The van der Waals surface area contributed by atoms with Gasteiger partial charge in [-0.3, -0.25) is 19.4 Å². The lowest BCUT2D eigenvalue weighted by molar-refractivity contribution is -0.156. The molecule has 1 saturated carbocycles. The third-order valence-corrected chi connectivity index (χ3v) is 7.51. The van der Waals surface area contributed by atoms with Gasteiger partial charge in [0.1, 0.15) is 29.3 Å². The SMILES string of the molecule is CC(C)(C)OC(=O)CN1CCN(C/C=C/C(=O)Nc2cc3c(Nc4ccc(F)c(Cl)c4)ncnc3cc2OCC2CC2)CC1. The molecule has 3 aromatic rings. The standard InChI is InChI=1S/C32H38ClFN6O4/c1-32(2,3)44-30(42)18-40-13-11-39(12-14-40)10-4-5-29(41)38-27-16-23-26(17-28(27)43-19-21-6-7-21)35-20-36-31(23)37-22-8-9-25(34)24(33)15-22/h4-5,8-9,15-17,20-21H,6-7,10-14,18-19H2,1-3H3,(H,38,41)(H,35,36,37)/b5-4+. The van der Waals surface area contributed by atoms with Gasteiger partial charge in [-0.1, -0.05) is 17.7 Å². The second-order valence-electron chi connectivity index (χ2n) is 12.2. The second-order valence-corrected chi connectivity index (χ2v) is 12.6. The summed E-state index contributed by atoms with van der Waals surface area (Å²) in [5, 5.41) is 6.76. The highest BCUT2D eigenvalue weighted by atomic mass is 35.5. The fourth-order valence-corrected chi connectivity index (χ4v) is 4.95. The first kappa shape index (κ1) is 31.6. The third-order valence-electron chi connectivity index (χ3n) is 7.22. The molecule has 1 aliphatic carbocycles. The van der Waals surface area contributed by atoms with Crippen molar-refractivity contribution in [3.05, 3.63) is 59.7 Å². The lowest BCUT2D eigenvalue weighted by Crippen LogP contribution is -2.48. The molecule has 2 aromatic carbocycles. The summed E-state index contributed by atoms with van der Waals surface area (Å²) in [4.78, 5) is 38.2. The van der Waals surface area contributed by atoms with Gasteiger partial charge in [0.15, 0.2) is 0 Å². The Bertz CT molecular complexity index is 1530. The van der Waals surface area contributed by atoms with E-state index in [0.29, 0.717) is 52.9 Å². The molecular formula is C32H38ClFN6O4. The molecule has 44 heavy (non-hydrogen) atoms. The van der Waals surface area contributed by atoms with Gasteiger partial charge < -0.3 is 20.1 Å². The van der Waals surface area contributed by atoms with E-state index in [1.807, 2.05) is 26.8 Å². The molecular weight excluding hydrogens is 587 g/mol. The first-order chi connectivity index (χ1) is 21.0. The number of hydrogen-bond acceptors (Lipinski definition) is 9. The van der Waals surface area contributed by atoms with E-state index in [2.05, 4.69) is 30.4 Å². The van der Waals surface area contributed by atoms with Crippen molar-refractivity contribution in [1.82, 2.24) is 19.8 Å². The number of hydrogen-bond donors (Lipinski definition) is 2. The Kier molecular flexibility index (Phi) is 9.97.